The van der Waals surface area contributed by atoms with E-state index in [1.165, 1.54) is 0 Å². The van der Waals surface area contributed by atoms with E-state index in [0.29, 0.717) is 38.6 Å². The average molecular weight is 451 g/mol. The molecule has 9 heteroatoms. The molecule has 6 nitrogen and oxygen atoms in total. The molecule has 3 aliphatic heterocycles. The summed E-state index contributed by atoms with van der Waals surface area (Å²) >= 11 is 0. The molecule has 1 saturated heterocycles. The molecule has 4 aliphatic rings. The second-order valence-electron chi connectivity index (χ2n) is 8.84. The van der Waals surface area contributed by atoms with Gasteiger partial charge < -0.3 is 19.9 Å². The van der Waals surface area contributed by atoms with Gasteiger partial charge in [-0.15, -0.1) is 0 Å². The van der Waals surface area contributed by atoms with E-state index >= 15 is 0 Å². The van der Waals surface area contributed by atoms with Gasteiger partial charge in [0.1, 0.15) is 5.82 Å². The number of ether oxygens (including phenoxy) is 1. The van der Waals surface area contributed by atoms with Crippen LogP contribution in [0.5, 0.6) is 0 Å². The summed E-state index contributed by atoms with van der Waals surface area (Å²) < 4.78 is 44.7. The topological polar surface area (TPSA) is 57.2 Å². The van der Waals surface area contributed by atoms with Gasteiger partial charge in [0.2, 0.25) is 5.91 Å². The normalized spacial score (nSPS) is 30.1. The maximum atomic E-state index is 13.1. The average Bonchev–Trinajstić information content (AvgIpc) is 3.22. The van der Waals surface area contributed by atoms with Crippen LogP contribution < -0.4 is 5.32 Å². The molecule has 0 aromatic heterocycles. The minimum atomic E-state index is -4.42. The first-order chi connectivity index (χ1) is 15.2. The smallest absolute Gasteiger partial charge is 0.416 e. The van der Waals surface area contributed by atoms with Gasteiger partial charge in [0, 0.05) is 49.4 Å². The molecule has 0 spiro atoms. The summed E-state index contributed by atoms with van der Waals surface area (Å²) in [4.78, 5) is 21.6. The highest BCUT2D eigenvalue weighted by Crippen LogP contribution is 2.32. The summed E-state index contributed by atoms with van der Waals surface area (Å²) in [7, 11) is 0. The van der Waals surface area contributed by atoms with E-state index in [1.807, 2.05) is 15.9 Å². The van der Waals surface area contributed by atoms with Gasteiger partial charge in [0.25, 0.3) is 0 Å². The van der Waals surface area contributed by atoms with Crippen LogP contribution in [0.4, 0.5) is 13.2 Å². The van der Waals surface area contributed by atoms with Crippen LogP contribution >= 0.6 is 0 Å². The van der Waals surface area contributed by atoms with Gasteiger partial charge in [-0.2, -0.15) is 13.2 Å². The zero-order chi connectivity index (χ0) is 22.9. The van der Waals surface area contributed by atoms with Gasteiger partial charge in [0.15, 0.2) is 0 Å². The number of nitrogens with zero attached hydrogens (tertiary/aromatic N) is 3. The second-order valence-corrected chi connectivity index (χ2v) is 8.84. The molecule has 0 radical (unpaired) electrons. The summed E-state index contributed by atoms with van der Waals surface area (Å²) in [6, 6.07) is 0.153. The number of dihydropyridines is 1. The first-order valence-electron chi connectivity index (χ1n) is 11.1. The Morgan fingerprint density at radius 3 is 2.66 bits per heavy atom. The van der Waals surface area contributed by atoms with Crippen molar-refractivity contribution >= 4 is 11.6 Å². The van der Waals surface area contributed by atoms with E-state index in [9.17, 15) is 18.0 Å². The van der Waals surface area contributed by atoms with Crippen LogP contribution in [0.1, 0.15) is 26.2 Å². The highest BCUT2D eigenvalue weighted by atomic mass is 19.4. The van der Waals surface area contributed by atoms with E-state index in [0.717, 1.165) is 37.1 Å². The van der Waals surface area contributed by atoms with Crippen LogP contribution in [0.2, 0.25) is 0 Å². The van der Waals surface area contributed by atoms with Gasteiger partial charge in [-0.3, -0.25) is 9.79 Å². The van der Waals surface area contributed by atoms with Crippen LogP contribution in [0.3, 0.4) is 0 Å². The molecule has 174 valence electrons. The molecule has 1 amide bonds. The van der Waals surface area contributed by atoms with Gasteiger partial charge in [-0.05, 0) is 37.5 Å². The quantitative estimate of drug-likeness (QED) is 0.717. The molecule has 32 heavy (non-hydrogen) atoms. The number of hydrogen-bond acceptors (Lipinski definition) is 5. The summed E-state index contributed by atoms with van der Waals surface area (Å²) in [5.41, 5.74) is 0.521. The van der Waals surface area contributed by atoms with E-state index in [2.05, 4.69) is 18.8 Å². The van der Waals surface area contributed by atoms with Gasteiger partial charge in [0.05, 0.1) is 24.5 Å². The minimum absolute atomic E-state index is 0.0402. The highest BCUT2D eigenvalue weighted by molar-refractivity contribution is 5.97. The molecule has 2 unspecified atom stereocenters. The number of aliphatic imine (C=N–C) groups is 1. The van der Waals surface area contributed by atoms with Gasteiger partial charge in [-0.25, -0.2) is 0 Å². The first-order valence-corrected chi connectivity index (χ1v) is 11.1. The molecule has 0 aromatic carbocycles. The number of halogens is 3. The number of allylic oxidation sites excluding steroid dienone is 4. The summed E-state index contributed by atoms with van der Waals surface area (Å²) in [6.45, 7) is 8.27. The molecule has 0 aromatic rings. The monoisotopic (exact) mass is 450 g/mol. The van der Waals surface area contributed by atoms with Crippen LogP contribution in [0.25, 0.3) is 0 Å². The molecule has 1 saturated carbocycles. The Morgan fingerprint density at radius 1 is 1.22 bits per heavy atom. The van der Waals surface area contributed by atoms with Crippen molar-refractivity contribution in [1.29, 1.82) is 0 Å². The van der Waals surface area contributed by atoms with Crippen molar-refractivity contribution in [2.24, 2.45) is 16.8 Å². The predicted molar refractivity (Wildman–Crippen MR) is 115 cm³/mol. The van der Waals surface area contributed by atoms with Crippen molar-refractivity contribution in [2.75, 3.05) is 32.8 Å². The number of piperazine rings is 1. The maximum absolute atomic E-state index is 13.1. The summed E-state index contributed by atoms with van der Waals surface area (Å²) in [6.07, 6.45) is 3.73. The van der Waals surface area contributed by atoms with Crippen LogP contribution in [0.15, 0.2) is 53.2 Å². The second kappa shape index (κ2) is 9.03. The van der Waals surface area contributed by atoms with Gasteiger partial charge in [-0.1, -0.05) is 13.5 Å². The first kappa shape index (κ1) is 22.5. The molecule has 0 bridgehead atoms. The van der Waals surface area contributed by atoms with E-state index in [1.54, 1.807) is 6.26 Å². The van der Waals surface area contributed by atoms with Crippen molar-refractivity contribution in [1.82, 2.24) is 15.1 Å². The summed E-state index contributed by atoms with van der Waals surface area (Å²) in [5, 5.41) is 2.92. The Hall–Kier alpha value is -2.71. The van der Waals surface area contributed by atoms with E-state index in [4.69, 9.17) is 9.73 Å². The van der Waals surface area contributed by atoms with Crippen molar-refractivity contribution in [3.63, 3.8) is 0 Å². The lowest BCUT2D eigenvalue weighted by atomic mass is 10.0. The summed E-state index contributed by atoms with van der Waals surface area (Å²) in [5.74, 6) is 0.733. The number of carbonyl (C=O) groups excluding carboxylic acids is 1. The molecule has 3 heterocycles. The molecule has 3 atom stereocenters. The lowest BCUT2D eigenvalue weighted by molar-refractivity contribution is -0.136. The fourth-order valence-corrected chi connectivity index (χ4v) is 4.62. The van der Waals surface area contributed by atoms with Gasteiger partial charge >= 0.3 is 6.18 Å². The van der Waals surface area contributed by atoms with Crippen molar-refractivity contribution in [2.45, 2.75) is 38.4 Å². The molecular formula is C23H29F3N4O2. The fourth-order valence-electron chi connectivity index (χ4n) is 4.62. The van der Waals surface area contributed by atoms with Crippen molar-refractivity contribution < 1.29 is 22.7 Å². The van der Waals surface area contributed by atoms with E-state index in [-0.39, 0.29) is 29.5 Å². The number of carbonyl (C=O) groups is 1. The molecule has 4 rings (SSSR count). The van der Waals surface area contributed by atoms with E-state index < -0.39 is 11.7 Å². The van der Waals surface area contributed by atoms with Crippen molar-refractivity contribution in [3.05, 3.63) is 48.2 Å². The number of alkyl halides is 3. The lowest BCUT2D eigenvalue weighted by Crippen LogP contribution is -2.51. The Labute approximate surface area is 186 Å². The lowest BCUT2D eigenvalue weighted by Gasteiger charge is -2.39. The standard InChI is InChI=1S/C23H29F3N4O2/c1-15-14-32-10-5-20(15)28-19-4-3-17(12-19)22(31)30-8-6-29(7-9-30)21-13-18(23(24,25)26)11-16(2)27-21/h5,10-11,13,15,17,19,27H,2-4,6-9,12,14H2,1H3/t15?,17?,19-/m1/s1. The maximum Gasteiger partial charge on any atom is 0.416 e. The third-order valence-corrected chi connectivity index (χ3v) is 6.44. The molecule has 1 N–H and O–H groups in total. The predicted octanol–water partition coefficient (Wildman–Crippen LogP) is 3.37. The Balaban J connectivity index is 1.31. The number of rotatable bonds is 3. The molecular weight excluding hydrogens is 421 g/mol. The fraction of sp³-hybridized carbons (Fsp3) is 0.565. The zero-order valence-electron chi connectivity index (χ0n) is 18.2. The largest absolute Gasteiger partial charge is 0.500 e. The highest BCUT2D eigenvalue weighted by Gasteiger charge is 2.37. The number of hydrogen-bond donors (Lipinski definition) is 1. The number of amides is 1. The third-order valence-electron chi connectivity index (χ3n) is 6.44. The third kappa shape index (κ3) is 5.02. The van der Waals surface area contributed by atoms with Crippen LogP contribution in [-0.2, 0) is 9.53 Å². The van der Waals surface area contributed by atoms with Crippen LogP contribution in [-0.4, -0.2) is 66.4 Å². The van der Waals surface area contributed by atoms with Crippen molar-refractivity contribution in [3.8, 4) is 0 Å². The molecule has 1 aliphatic carbocycles. The van der Waals surface area contributed by atoms with Crippen LogP contribution in [0, 0.1) is 11.8 Å². The Kier molecular flexibility index (Phi) is 6.35. The Bertz CT molecular complexity index is 882. The Morgan fingerprint density at radius 2 is 1.97 bits per heavy atom. The molecule has 2 fully saturated rings. The SMILES string of the molecule is C=C1C=C(C(F)(F)F)C=C(N2CCN(C(=O)C3CC[C@@H](N=C4C=COCC4C)C3)CC2)N1. The minimum Gasteiger partial charge on any atom is -0.500 e. The number of nitrogens with one attached hydrogen (secondary N) is 1. The zero-order valence-corrected chi connectivity index (χ0v) is 18.2.